The van der Waals surface area contributed by atoms with E-state index in [9.17, 15) is 9.59 Å². The number of nitrogens with one attached hydrogen (secondary N) is 2. The van der Waals surface area contributed by atoms with Crippen LogP contribution in [0.1, 0.15) is 10.5 Å². The number of aryl methyl sites for hydroxylation is 1. The zero-order valence-corrected chi connectivity index (χ0v) is 9.84. The van der Waals surface area contributed by atoms with E-state index in [0.717, 1.165) is 0 Å². The first-order chi connectivity index (χ1) is 9.04. The van der Waals surface area contributed by atoms with Gasteiger partial charge in [-0.15, -0.1) is 5.10 Å². The first-order valence-corrected chi connectivity index (χ1v) is 5.41. The van der Waals surface area contributed by atoms with Crippen LogP contribution in [-0.4, -0.2) is 36.0 Å². The van der Waals surface area contributed by atoms with Crippen LogP contribution < -0.4 is 5.69 Å². The number of carboxylic acid groups (broad SMARTS) is 1. The standard InChI is InChI=1S/C11H9N5O3/c1-16-14-8(9(15-16)10(17)18)5-2-3-6-7(4-5)13-11(19)12-6/h2-4H,1H3,(H,17,18)(H2,12,13,19). The van der Waals surface area contributed by atoms with Crippen molar-refractivity contribution in [1.29, 1.82) is 0 Å². The van der Waals surface area contributed by atoms with Crippen molar-refractivity contribution in [2.45, 2.75) is 0 Å². The predicted octanol–water partition coefficient (Wildman–Crippen LogP) is 0.350. The van der Waals surface area contributed by atoms with Gasteiger partial charge in [-0.3, -0.25) is 0 Å². The minimum Gasteiger partial charge on any atom is -0.476 e. The van der Waals surface area contributed by atoms with Crippen molar-refractivity contribution >= 4 is 17.0 Å². The Labute approximate surface area is 105 Å². The van der Waals surface area contributed by atoms with Gasteiger partial charge >= 0.3 is 11.7 Å². The Morgan fingerprint density at radius 2 is 2.00 bits per heavy atom. The average molecular weight is 259 g/mol. The summed E-state index contributed by atoms with van der Waals surface area (Å²) in [5.74, 6) is -1.15. The quantitative estimate of drug-likeness (QED) is 0.614. The zero-order valence-electron chi connectivity index (χ0n) is 9.84. The lowest BCUT2D eigenvalue weighted by Gasteiger charge is -1.97. The number of nitrogens with zero attached hydrogens (tertiary/aromatic N) is 3. The van der Waals surface area contributed by atoms with Crippen molar-refractivity contribution < 1.29 is 9.90 Å². The van der Waals surface area contributed by atoms with E-state index in [0.29, 0.717) is 16.6 Å². The molecular weight excluding hydrogens is 250 g/mol. The predicted molar refractivity (Wildman–Crippen MR) is 65.9 cm³/mol. The molecule has 19 heavy (non-hydrogen) atoms. The Kier molecular flexibility index (Phi) is 2.24. The highest BCUT2D eigenvalue weighted by atomic mass is 16.4. The van der Waals surface area contributed by atoms with Crippen molar-refractivity contribution in [2.75, 3.05) is 0 Å². The second-order valence-corrected chi connectivity index (χ2v) is 4.03. The molecule has 1 aromatic carbocycles. The van der Waals surface area contributed by atoms with Crippen LogP contribution in [0.25, 0.3) is 22.3 Å². The van der Waals surface area contributed by atoms with Crippen LogP contribution in [-0.2, 0) is 7.05 Å². The lowest BCUT2D eigenvalue weighted by Crippen LogP contribution is -2.00. The zero-order chi connectivity index (χ0) is 13.6. The summed E-state index contributed by atoms with van der Waals surface area (Å²) in [5, 5.41) is 16.9. The molecule has 0 aliphatic carbocycles. The molecule has 2 heterocycles. The number of H-pyrrole nitrogens is 2. The highest BCUT2D eigenvalue weighted by Gasteiger charge is 2.18. The number of imidazole rings is 1. The molecule has 2 aromatic heterocycles. The number of carbonyl (C=O) groups is 1. The largest absolute Gasteiger partial charge is 0.476 e. The van der Waals surface area contributed by atoms with Crippen LogP contribution in [0.15, 0.2) is 23.0 Å². The Hall–Kier alpha value is -2.90. The third kappa shape index (κ3) is 1.79. The third-order valence-corrected chi connectivity index (χ3v) is 2.71. The molecule has 0 radical (unpaired) electrons. The van der Waals surface area contributed by atoms with Gasteiger partial charge in [0.15, 0.2) is 5.69 Å². The van der Waals surface area contributed by atoms with Crippen LogP contribution in [0.5, 0.6) is 0 Å². The molecule has 0 atom stereocenters. The molecule has 8 nitrogen and oxygen atoms in total. The van der Waals surface area contributed by atoms with Crippen molar-refractivity contribution in [3.8, 4) is 11.3 Å². The van der Waals surface area contributed by atoms with Gasteiger partial charge in [-0.05, 0) is 12.1 Å². The molecule has 0 fully saturated rings. The van der Waals surface area contributed by atoms with Crippen molar-refractivity contribution in [1.82, 2.24) is 25.0 Å². The fourth-order valence-electron chi connectivity index (χ4n) is 1.92. The van der Waals surface area contributed by atoms with E-state index in [1.807, 2.05) is 0 Å². The molecule has 0 unspecified atom stereocenters. The lowest BCUT2D eigenvalue weighted by molar-refractivity contribution is 0.0690. The van der Waals surface area contributed by atoms with E-state index in [-0.39, 0.29) is 17.1 Å². The van der Waals surface area contributed by atoms with E-state index in [2.05, 4.69) is 20.2 Å². The topological polar surface area (TPSA) is 117 Å². The van der Waals surface area contributed by atoms with Gasteiger partial charge in [0.25, 0.3) is 0 Å². The molecule has 3 aromatic rings. The molecule has 0 bridgehead atoms. The van der Waals surface area contributed by atoms with Crippen LogP contribution >= 0.6 is 0 Å². The highest BCUT2D eigenvalue weighted by molar-refractivity contribution is 5.93. The van der Waals surface area contributed by atoms with E-state index in [1.54, 1.807) is 25.2 Å². The molecule has 8 heteroatoms. The number of fused-ring (bicyclic) bond motifs is 1. The molecule has 0 spiro atoms. The molecule has 0 saturated heterocycles. The van der Waals surface area contributed by atoms with E-state index in [4.69, 9.17) is 5.11 Å². The fraction of sp³-hybridized carbons (Fsp3) is 0.0909. The van der Waals surface area contributed by atoms with Gasteiger partial charge in [0.05, 0.1) is 11.0 Å². The minimum atomic E-state index is -1.15. The first kappa shape index (κ1) is 11.2. The van der Waals surface area contributed by atoms with Crippen LogP contribution in [0.3, 0.4) is 0 Å². The number of rotatable bonds is 2. The Morgan fingerprint density at radius 1 is 1.26 bits per heavy atom. The number of carboxylic acids is 1. The monoisotopic (exact) mass is 259 g/mol. The van der Waals surface area contributed by atoms with Gasteiger partial charge in [0.1, 0.15) is 5.69 Å². The molecule has 3 rings (SSSR count). The smallest absolute Gasteiger partial charge is 0.358 e. The number of aromatic nitrogens is 5. The number of hydrogen-bond acceptors (Lipinski definition) is 4. The maximum absolute atomic E-state index is 11.2. The average Bonchev–Trinajstić information content (AvgIpc) is 2.89. The normalized spacial score (nSPS) is 11.0. The summed E-state index contributed by atoms with van der Waals surface area (Å²) < 4.78 is 0. The molecule has 0 saturated carbocycles. The second kappa shape index (κ2) is 3.80. The van der Waals surface area contributed by atoms with Gasteiger partial charge in [-0.25, -0.2) is 9.59 Å². The van der Waals surface area contributed by atoms with Crippen LogP contribution in [0.2, 0.25) is 0 Å². The molecule has 0 aliphatic heterocycles. The summed E-state index contributed by atoms with van der Waals surface area (Å²) in [6.45, 7) is 0. The lowest BCUT2D eigenvalue weighted by atomic mass is 10.1. The highest BCUT2D eigenvalue weighted by Crippen LogP contribution is 2.22. The Bertz CT molecular complexity index is 842. The number of hydrogen-bond donors (Lipinski definition) is 3. The van der Waals surface area contributed by atoms with E-state index in [1.165, 1.54) is 4.80 Å². The molecule has 3 N–H and O–H groups in total. The van der Waals surface area contributed by atoms with Gasteiger partial charge in [0, 0.05) is 12.6 Å². The Balaban J connectivity index is 2.23. The van der Waals surface area contributed by atoms with Crippen molar-refractivity contribution in [2.24, 2.45) is 7.05 Å². The van der Waals surface area contributed by atoms with Crippen molar-refractivity contribution in [3.63, 3.8) is 0 Å². The molecular formula is C11H9N5O3. The third-order valence-electron chi connectivity index (χ3n) is 2.71. The summed E-state index contributed by atoms with van der Waals surface area (Å²) in [6.07, 6.45) is 0. The van der Waals surface area contributed by atoms with Crippen molar-refractivity contribution in [3.05, 3.63) is 34.4 Å². The number of aromatic amines is 2. The van der Waals surface area contributed by atoms with Gasteiger partial charge in [0.2, 0.25) is 0 Å². The summed E-state index contributed by atoms with van der Waals surface area (Å²) in [7, 11) is 1.55. The van der Waals surface area contributed by atoms with Crippen LogP contribution in [0, 0.1) is 0 Å². The maximum atomic E-state index is 11.2. The van der Waals surface area contributed by atoms with E-state index >= 15 is 0 Å². The maximum Gasteiger partial charge on any atom is 0.358 e. The summed E-state index contributed by atoms with van der Waals surface area (Å²) in [4.78, 5) is 28.7. The fourth-order valence-corrected chi connectivity index (χ4v) is 1.92. The Morgan fingerprint density at radius 3 is 2.74 bits per heavy atom. The van der Waals surface area contributed by atoms with Gasteiger partial charge in [-0.2, -0.15) is 9.90 Å². The minimum absolute atomic E-state index is 0.125. The van der Waals surface area contributed by atoms with Gasteiger partial charge in [-0.1, -0.05) is 6.07 Å². The number of aromatic carboxylic acids is 1. The summed E-state index contributed by atoms with van der Waals surface area (Å²) in [6, 6.07) is 5.02. The molecule has 96 valence electrons. The van der Waals surface area contributed by atoms with Gasteiger partial charge < -0.3 is 15.1 Å². The van der Waals surface area contributed by atoms with Crippen LogP contribution in [0.4, 0.5) is 0 Å². The van der Waals surface area contributed by atoms with E-state index < -0.39 is 5.97 Å². The summed E-state index contributed by atoms with van der Waals surface area (Å²) in [5.41, 5.74) is 1.63. The molecule has 0 aliphatic rings. The summed E-state index contributed by atoms with van der Waals surface area (Å²) >= 11 is 0. The SMILES string of the molecule is Cn1nc(C(=O)O)c(-c2ccc3[nH]c(=O)[nH]c3c2)n1. The number of benzene rings is 1. The molecule has 0 amide bonds. The second-order valence-electron chi connectivity index (χ2n) is 4.03. The first-order valence-electron chi connectivity index (χ1n) is 5.41.